The van der Waals surface area contributed by atoms with Crippen molar-refractivity contribution in [1.29, 1.82) is 0 Å². The number of para-hydroxylation sites is 3. The molecule has 0 saturated carbocycles. The van der Waals surface area contributed by atoms with Crippen molar-refractivity contribution in [2.45, 2.75) is 20.0 Å². The van der Waals surface area contributed by atoms with Crippen molar-refractivity contribution in [3.63, 3.8) is 0 Å². The van der Waals surface area contributed by atoms with Gasteiger partial charge in [-0.05, 0) is 65.9 Å². The Morgan fingerprint density at radius 2 is 1.35 bits per heavy atom. The van der Waals surface area contributed by atoms with E-state index in [1.54, 1.807) is 6.20 Å². The molecule has 3 heterocycles. The zero-order chi connectivity index (χ0) is 34.8. The molecule has 0 amide bonds. The minimum absolute atomic E-state index is 0.360. The SMILES string of the molecule is CC1(C(C=CN)=NCn2c3ccccc3c3cc(-c4cccc5c4sc4ccccc45)ccc32)C=CC=C(n2c3ccccc3c3ccccc32)C1. The van der Waals surface area contributed by atoms with E-state index in [4.69, 9.17) is 10.7 Å². The van der Waals surface area contributed by atoms with Crippen LogP contribution in [0.2, 0.25) is 0 Å². The summed E-state index contributed by atoms with van der Waals surface area (Å²) in [4.78, 5) is 5.36. The lowest BCUT2D eigenvalue weighted by Gasteiger charge is -2.31. The van der Waals surface area contributed by atoms with Crippen LogP contribution in [0.1, 0.15) is 13.3 Å². The molecule has 0 radical (unpaired) electrons. The monoisotopic (exact) mass is 688 g/mol. The third kappa shape index (κ3) is 4.70. The maximum absolute atomic E-state index is 6.13. The van der Waals surface area contributed by atoms with E-state index in [-0.39, 0.29) is 5.41 Å². The summed E-state index contributed by atoms with van der Waals surface area (Å²) in [6.45, 7) is 2.75. The lowest BCUT2D eigenvalue weighted by molar-refractivity contribution is 0.595. The van der Waals surface area contributed by atoms with Crippen LogP contribution < -0.4 is 5.73 Å². The molecule has 10 rings (SSSR count). The minimum Gasteiger partial charge on any atom is -0.405 e. The largest absolute Gasteiger partial charge is 0.405 e. The number of hydrogen-bond acceptors (Lipinski definition) is 3. The fourth-order valence-electron chi connectivity index (χ4n) is 8.44. The van der Waals surface area contributed by atoms with Crippen LogP contribution in [0.3, 0.4) is 0 Å². The van der Waals surface area contributed by atoms with Gasteiger partial charge in [0, 0.05) is 65.0 Å². The first kappa shape index (κ1) is 30.6. The highest BCUT2D eigenvalue weighted by atomic mass is 32.1. The number of nitrogens with two attached hydrogens (primary N) is 1. The maximum Gasteiger partial charge on any atom is 0.115 e. The van der Waals surface area contributed by atoms with Gasteiger partial charge in [-0.1, -0.05) is 116 Å². The Morgan fingerprint density at radius 3 is 2.10 bits per heavy atom. The van der Waals surface area contributed by atoms with Gasteiger partial charge >= 0.3 is 0 Å². The summed E-state index contributed by atoms with van der Waals surface area (Å²) >= 11 is 1.88. The Labute approximate surface area is 305 Å². The molecule has 6 aromatic carbocycles. The molecule has 1 atom stereocenters. The van der Waals surface area contributed by atoms with Gasteiger partial charge in [-0.15, -0.1) is 11.3 Å². The lowest BCUT2D eigenvalue weighted by Crippen LogP contribution is -2.28. The fraction of sp³-hybridized carbons (Fsp3) is 0.0851. The molecule has 0 spiro atoms. The molecule has 0 bridgehead atoms. The van der Waals surface area contributed by atoms with E-state index in [0.717, 1.165) is 12.1 Å². The van der Waals surface area contributed by atoms with Crippen LogP contribution in [-0.2, 0) is 6.67 Å². The van der Waals surface area contributed by atoms with E-state index in [2.05, 4.69) is 168 Å². The predicted octanol–water partition coefficient (Wildman–Crippen LogP) is 12.3. The second-order valence-electron chi connectivity index (χ2n) is 14.0. The number of rotatable bonds is 6. The molecule has 52 heavy (non-hydrogen) atoms. The lowest BCUT2D eigenvalue weighted by atomic mass is 9.77. The first-order valence-corrected chi connectivity index (χ1v) is 18.6. The summed E-state index contributed by atoms with van der Waals surface area (Å²) in [5.41, 5.74) is 15.2. The minimum atomic E-state index is -0.360. The summed E-state index contributed by atoms with van der Waals surface area (Å²) < 4.78 is 7.41. The molecule has 9 aromatic rings. The third-order valence-corrected chi connectivity index (χ3v) is 12.1. The van der Waals surface area contributed by atoms with Gasteiger partial charge in [0.1, 0.15) is 6.67 Å². The number of aliphatic imine (C=N–C) groups is 1. The highest BCUT2D eigenvalue weighted by molar-refractivity contribution is 7.26. The van der Waals surface area contributed by atoms with Crippen LogP contribution in [-0.4, -0.2) is 14.8 Å². The van der Waals surface area contributed by atoms with Gasteiger partial charge in [-0.2, -0.15) is 0 Å². The highest BCUT2D eigenvalue weighted by Gasteiger charge is 2.31. The zero-order valence-electron chi connectivity index (χ0n) is 28.8. The molecule has 0 saturated heterocycles. The van der Waals surface area contributed by atoms with Gasteiger partial charge in [-0.25, -0.2) is 0 Å². The van der Waals surface area contributed by atoms with Crippen LogP contribution in [0.5, 0.6) is 0 Å². The maximum atomic E-state index is 6.13. The number of nitrogens with zero attached hydrogens (tertiary/aromatic N) is 3. The molecule has 0 aliphatic heterocycles. The second kappa shape index (κ2) is 12.0. The first-order valence-electron chi connectivity index (χ1n) is 17.8. The number of aromatic nitrogens is 2. The molecule has 4 nitrogen and oxygen atoms in total. The van der Waals surface area contributed by atoms with Crippen LogP contribution in [0.15, 0.2) is 169 Å². The summed E-state index contributed by atoms with van der Waals surface area (Å²) in [6.07, 6.45) is 11.1. The highest BCUT2D eigenvalue weighted by Crippen LogP contribution is 2.43. The predicted molar refractivity (Wildman–Crippen MR) is 224 cm³/mol. The van der Waals surface area contributed by atoms with Crippen molar-refractivity contribution in [1.82, 2.24) is 9.13 Å². The van der Waals surface area contributed by atoms with Gasteiger partial charge in [0.05, 0.1) is 22.1 Å². The topological polar surface area (TPSA) is 48.2 Å². The molecule has 0 fully saturated rings. The molecule has 1 aliphatic carbocycles. The number of hydrogen-bond donors (Lipinski definition) is 1. The van der Waals surface area contributed by atoms with Crippen LogP contribution in [0.25, 0.3) is 80.6 Å². The average molecular weight is 689 g/mol. The van der Waals surface area contributed by atoms with Crippen molar-refractivity contribution >= 4 is 86.5 Å². The third-order valence-electron chi connectivity index (χ3n) is 10.9. The van der Waals surface area contributed by atoms with Crippen molar-refractivity contribution in [3.8, 4) is 11.1 Å². The van der Waals surface area contributed by atoms with Crippen molar-refractivity contribution in [3.05, 3.63) is 164 Å². The van der Waals surface area contributed by atoms with E-state index < -0.39 is 0 Å². The van der Waals surface area contributed by atoms with Crippen molar-refractivity contribution < 1.29 is 0 Å². The Morgan fingerprint density at radius 1 is 0.712 bits per heavy atom. The molecule has 1 aliphatic rings. The molecule has 1 unspecified atom stereocenters. The molecule has 5 heteroatoms. The number of allylic oxidation sites excluding steroid dienone is 5. The molecular formula is C47H36N4S. The van der Waals surface area contributed by atoms with Crippen LogP contribution in [0, 0.1) is 5.41 Å². The Kier molecular flexibility index (Phi) is 7.05. The average Bonchev–Trinajstić information content (AvgIpc) is 3.84. The van der Waals surface area contributed by atoms with Crippen molar-refractivity contribution in [2.24, 2.45) is 16.1 Å². The summed E-state index contributed by atoms with van der Waals surface area (Å²) in [7, 11) is 0. The Balaban J connectivity index is 1.05. The van der Waals surface area contributed by atoms with Gasteiger partial charge in [0.2, 0.25) is 0 Å². The normalized spacial score (nSPS) is 16.8. The molecule has 250 valence electrons. The van der Waals surface area contributed by atoms with E-state index in [1.165, 1.54) is 80.6 Å². The Hall–Kier alpha value is -6.17. The number of benzene rings is 6. The Bertz CT molecular complexity index is 2950. The summed E-state index contributed by atoms with van der Waals surface area (Å²) in [5.74, 6) is 0. The first-order chi connectivity index (χ1) is 25.6. The van der Waals surface area contributed by atoms with E-state index in [1.807, 2.05) is 17.4 Å². The van der Waals surface area contributed by atoms with E-state index in [0.29, 0.717) is 6.67 Å². The molecule has 2 N–H and O–H groups in total. The van der Waals surface area contributed by atoms with Gasteiger partial charge < -0.3 is 14.9 Å². The van der Waals surface area contributed by atoms with Crippen LogP contribution in [0.4, 0.5) is 0 Å². The summed E-state index contributed by atoms with van der Waals surface area (Å²) in [6, 6.07) is 48.4. The van der Waals surface area contributed by atoms with Gasteiger partial charge in [0.25, 0.3) is 0 Å². The fourth-order valence-corrected chi connectivity index (χ4v) is 9.68. The van der Waals surface area contributed by atoms with Crippen molar-refractivity contribution in [2.75, 3.05) is 0 Å². The van der Waals surface area contributed by atoms with Crippen LogP contribution >= 0.6 is 11.3 Å². The summed E-state index contributed by atoms with van der Waals surface area (Å²) in [5, 5.41) is 7.63. The quantitative estimate of drug-likeness (QED) is 0.174. The number of thiophene rings is 1. The standard InChI is InChI=1S/C47H36N4S/c1-47(26-11-12-32(29-47)51-42-20-7-3-13-34(42)35-14-4-8-21-43(35)51)45(25-27-48)49-30-50-40-19-6-2-15-36(40)39-28-31(23-24-41(39)50)33-17-10-18-38-37-16-5-9-22-44(37)52-46(33)38/h2-28H,29-30,48H2,1H3. The van der Waals surface area contributed by atoms with E-state index >= 15 is 0 Å². The van der Waals surface area contributed by atoms with Gasteiger partial charge in [0.15, 0.2) is 0 Å². The molecule has 3 aromatic heterocycles. The second-order valence-corrected chi connectivity index (χ2v) is 15.0. The number of fused-ring (bicyclic) bond motifs is 9. The van der Waals surface area contributed by atoms with Gasteiger partial charge in [-0.3, -0.25) is 4.99 Å². The van der Waals surface area contributed by atoms with E-state index in [9.17, 15) is 0 Å². The smallest absolute Gasteiger partial charge is 0.115 e. The molecular weight excluding hydrogens is 653 g/mol. The zero-order valence-corrected chi connectivity index (χ0v) is 29.6.